The predicted octanol–water partition coefficient (Wildman–Crippen LogP) is 4.01. The zero-order valence-electron chi connectivity index (χ0n) is 17.2. The maximum atomic E-state index is 12.8. The fourth-order valence-electron chi connectivity index (χ4n) is 2.66. The molecule has 0 bridgehead atoms. The molecule has 8 heteroatoms. The van der Waals surface area contributed by atoms with Crippen LogP contribution in [-0.2, 0) is 11.3 Å². The second kappa shape index (κ2) is 11.2. The quantitative estimate of drug-likeness (QED) is 0.460. The van der Waals surface area contributed by atoms with Crippen molar-refractivity contribution in [3.8, 4) is 0 Å². The molecule has 1 aromatic carbocycles. The van der Waals surface area contributed by atoms with E-state index in [4.69, 9.17) is 11.6 Å². The van der Waals surface area contributed by atoms with Crippen molar-refractivity contribution in [1.29, 1.82) is 0 Å². The first-order chi connectivity index (χ1) is 13.8. The Kier molecular flexibility index (Phi) is 8.92. The molecule has 2 N–H and O–H groups in total. The van der Waals surface area contributed by atoms with Gasteiger partial charge in [-0.1, -0.05) is 74.0 Å². The summed E-state index contributed by atoms with van der Waals surface area (Å²) in [6, 6.07) is 7.26. The fourth-order valence-corrected chi connectivity index (χ4v) is 3.37. The van der Waals surface area contributed by atoms with Crippen LogP contribution < -0.4 is 10.6 Å². The van der Waals surface area contributed by atoms with E-state index in [9.17, 15) is 9.59 Å². The average molecular weight is 435 g/mol. The zero-order valence-corrected chi connectivity index (χ0v) is 18.7. The van der Waals surface area contributed by atoms with Crippen LogP contribution in [0, 0.1) is 12.8 Å². The van der Waals surface area contributed by atoms with Crippen LogP contribution in [0.1, 0.15) is 48.8 Å². The maximum absolute atomic E-state index is 12.8. The summed E-state index contributed by atoms with van der Waals surface area (Å²) in [6.07, 6.45) is 1.92. The molecule has 6 nitrogen and oxygen atoms in total. The minimum absolute atomic E-state index is 0.0812. The number of halogens is 1. The largest absolute Gasteiger partial charge is 0.350 e. The summed E-state index contributed by atoms with van der Waals surface area (Å²) < 4.78 is 0. The number of nitrogens with zero attached hydrogens (tertiary/aromatic N) is 2. The second-order valence-corrected chi connectivity index (χ2v) is 8.78. The van der Waals surface area contributed by atoms with Gasteiger partial charge in [-0.15, -0.1) is 0 Å². The van der Waals surface area contributed by atoms with Crippen LogP contribution in [0.15, 0.2) is 35.6 Å². The van der Waals surface area contributed by atoms with E-state index in [1.54, 1.807) is 0 Å². The molecule has 0 fully saturated rings. The average Bonchev–Trinajstić information content (AvgIpc) is 2.68. The van der Waals surface area contributed by atoms with Crippen LogP contribution in [-0.4, -0.2) is 33.6 Å². The van der Waals surface area contributed by atoms with Gasteiger partial charge in [-0.25, -0.2) is 9.97 Å². The first kappa shape index (κ1) is 23.2. The number of nitrogens with one attached hydrogen (secondary N) is 2. The number of hydrogen-bond donors (Lipinski definition) is 2. The van der Waals surface area contributed by atoms with Crippen molar-refractivity contribution < 1.29 is 9.59 Å². The van der Waals surface area contributed by atoms with Gasteiger partial charge < -0.3 is 10.6 Å². The molecule has 29 heavy (non-hydrogen) atoms. The molecule has 0 saturated heterocycles. The molecule has 0 unspecified atom stereocenters. The van der Waals surface area contributed by atoms with Crippen molar-refractivity contribution in [3.63, 3.8) is 0 Å². The summed E-state index contributed by atoms with van der Waals surface area (Å²) in [7, 11) is 0. The third kappa shape index (κ3) is 7.33. The van der Waals surface area contributed by atoms with E-state index in [-0.39, 0.29) is 22.5 Å². The lowest BCUT2D eigenvalue weighted by atomic mass is 10.0. The summed E-state index contributed by atoms with van der Waals surface area (Å²) in [5, 5.41) is 6.33. The number of hydrogen-bond acceptors (Lipinski definition) is 5. The maximum Gasteiger partial charge on any atom is 0.272 e. The van der Waals surface area contributed by atoms with E-state index in [0.717, 1.165) is 16.9 Å². The SMILES string of the molecule is CCSc1ncc(Cl)c(C(=O)N[C@@H](CC(C)C)C(=O)NCc2ccc(C)cc2)n1. The molecule has 1 atom stereocenters. The Bertz CT molecular complexity index is 843. The molecule has 1 heterocycles. The third-order valence-electron chi connectivity index (χ3n) is 4.13. The number of thioether (sulfide) groups is 1. The van der Waals surface area contributed by atoms with Crippen LogP contribution >= 0.6 is 23.4 Å². The highest BCUT2D eigenvalue weighted by Crippen LogP contribution is 2.18. The lowest BCUT2D eigenvalue weighted by molar-refractivity contribution is -0.123. The molecule has 0 aliphatic carbocycles. The van der Waals surface area contributed by atoms with Gasteiger partial charge in [-0.3, -0.25) is 9.59 Å². The molecule has 2 aromatic rings. The first-order valence-electron chi connectivity index (χ1n) is 9.59. The van der Waals surface area contributed by atoms with Gasteiger partial charge in [0, 0.05) is 6.54 Å². The molecule has 0 radical (unpaired) electrons. The summed E-state index contributed by atoms with van der Waals surface area (Å²) in [5.74, 6) is 0.282. The van der Waals surface area contributed by atoms with Gasteiger partial charge in [0.2, 0.25) is 5.91 Å². The van der Waals surface area contributed by atoms with Gasteiger partial charge in [0.05, 0.1) is 11.2 Å². The van der Waals surface area contributed by atoms with Crippen molar-refractivity contribution in [1.82, 2.24) is 20.6 Å². The normalized spacial score (nSPS) is 11.9. The summed E-state index contributed by atoms with van der Waals surface area (Å²) in [5.41, 5.74) is 2.24. The topological polar surface area (TPSA) is 84.0 Å². The first-order valence-corrected chi connectivity index (χ1v) is 11.0. The molecule has 0 saturated carbocycles. The summed E-state index contributed by atoms with van der Waals surface area (Å²) >= 11 is 7.54. The lowest BCUT2D eigenvalue weighted by Gasteiger charge is -2.20. The summed E-state index contributed by atoms with van der Waals surface area (Å²) in [4.78, 5) is 33.8. The number of aryl methyl sites for hydroxylation is 1. The van der Waals surface area contributed by atoms with Gasteiger partial charge in [0.25, 0.3) is 5.91 Å². The number of aromatic nitrogens is 2. The molecule has 156 valence electrons. The Morgan fingerprint density at radius 3 is 2.52 bits per heavy atom. The Morgan fingerprint density at radius 1 is 1.21 bits per heavy atom. The van der Waals surface area contributed by atoms with Crippen LogP contribution in [0.25, 0.3) is 0 Å². The molecular formula is C21H27ClN4O2S. The van der Waals surface area contributed by atoms with Crippen LogP contribution in [0.4, 0.5) is 0 Å². The van der Waals surface area contributed by atoms with Gasteiger partial charge in [-0.05, 0) is 30.6 Å². The van der Waals surface area contributed by atoms with Crippen molar-refractivity contribution in [2.75, 3.05) is 5.75 Å². The highest BCUT2D eigenvalue weighted by atomic mass is 35.5. The molecule has 2 rings (SSSR count). The molecule has 2 amide bonds. The Balaban J connectivity index is 2.09. The van der Waals surface area contributed by atoms with E-state index in [1.807, 2.05) is 52.0 Å². The van der Waals surface area contributed by atoms with Crippen molar-refractivity contribution in [2.24, 2.45) is 5.92 Å². The number of carbonyl (C=O) groups excluding carboxylic acids is 2. The second-order valence-electron chi connectivity index (χ2n) is 7.14. The number of rotatable bonds is 9. The minimum Gasteiger partial charge on any atom is -0.350 e. The smallest absolute Gasteiger partial charge is 0.272 e. The lowest BCUT2D eigenvalue weighted by Crippen LogP contribution is -2.47. The molecule has 1 aromatic heterocycles. The zero-order chi connectivity index (χ0) is 21.4. The van der Waals surface area contributed by atoms with Crippen molar-refractivity contribution in [2.45, 2.75) is 51.9 Å². The molecule has 0 spiro atoms. The highest BCUT2D eigenvalue weighted by Gasteiger charge is 2.24. The Hall–Kier alpha value is -2.12. The van der Waals surface area contributed by atoms with E-state index >= 15 is 0 Å². The van der Waals surface area contributed by atoms with Gasteiger partial charge in [0.1, 0.15) is 6.04 Å². The van der Waals surface area contributed by atoms with E-state index in [1.165, 1.54) is 18.0 Å². The van der Waals surface area contributed by atoms with Gasteiger partial charge >= 0.3 is 0 Å². The van der Waals surface area contributed by atoms with E-state index in [0.29, 0.717) is 18.1 Å². The predicted molar refractivity (Wildman–Crippen MR) is 117 cm³/mol. The van der Waals surface area contributed by atoms with Crippen LogP contribution in [0.3, 0.4) is 0 Å². The number of amides is 2. The van der Waals surface area contributed by atoms with E-state index in [2.05, 4.69) is 20.6 Å². The standard InChI is InChI=1S/C21H27ClN4O2S/c1-5-29-21-24-12-16(22)18(26-21)20(28)25-17(10-13(2)3)19(27)23-11-15-8-6-14(4)7-9-15/h6-9,12-13,17H,5,10-11H2,1-4H3,(H,23,27)(H,25,28)/t17-/m0/s1. The van der Waals surface area contributed by atoms with Gasteiger partial charge in [-0.2, -0.15) is 0 Å². The van der Waals surface area contributed by atoms with Gasteiger partial charge in [0.15, 0.2) is 10.9 Å². The molecular weight excluding hydrogens is 408 g/mol. The minimum atomic E-state index is -0.679. The monoisotopic (exact) mass is 434 g/mol. The number of carbonyl (C=O) groups is 2. The van der Waals surface area contributed by atoms with Crippen LogP contribution in [0.2, 0.25) is 5.02 Å². The molecule has 0 aliphatic heterocycles. The summed E-state index contributed by atoms with van der Waals surface area (Å²) in [6.45, 7) is 8.38. The molecule has 0 aliphatic rings. The van der Waals surface area contributed by atoms with Crippen LogP contribution in [0.5, 0.6) is 0 Å². The Morgan fingerprint density at radius 2 is 1.90 bits per heavy atom. The Labute approximate surface area is 181 Å². The fraction of sp³-hybridized carbons (Fsp3) is 0.429. The third-order valence-corrected chi connectivity index (χ3v) is 5.15. The van der Waals surface area contributed by atoms with Crippen molar-refractivity contribution >= 4 is 35.2 Å². The number of benzene rings is 1. The van der Waals surface area contributed by atoms with E-state index < -0.39 is 11.9 Å². The highest BCUT2D eigenvalue weighted by molar-refractivity contribution is 7.99. The van der Waals surface area contributed by atoms with Crippen molar-refractivity contribution in [3.05, 3.63) is 52.3 Å².